The molecule has 0 aliphatic carbocycles. The number of benzene rings is 1. The third-order valence-electron chi connectivity index (χ3n) is 5.70. The SMILES string of the molecule is Cc1c(OCC(F)(F)F)ccnc1C[S@@](=O)c1nc2ccccc2n1C(=O)N(C)CCOC(=O)c1ccccn1. The molecule has 0 aliphatic heterocycles. The van der Waals surface area contributed by atoms with E-state index >= 15 is 0 Å². The largest absolute Gasteiger partial charge is 0.484 e. The predicted molar refractivity (Wildman–Crippen MR) is 138 cm³/mol. The molecule has 0 spiro atoms. The van der Waals surface area contributed by atoms with Gasteiger partial charge in [0.25, 0.3) is 0 Å². The fourth-order valence-corrected chi connectivity index (χ4v) is 4.90. The zero-order valence-corrected chi connectivity index (χ0v) is 22.2. The number of hydrogen-bond acceptors (Lipinski definition) is 8. The van der Waals surface area contributed by atoms with Gasteiger partial charge < -0.3 is 14.4 Å². The zero-order chi connectivity index (χ0) is 28.9. The van der Waals surface area contributed by atoms with Gasteiger partial charge in [0, 0.05) is 25.0 Å². The summed E-state index contributed by atoms with van der Waals surface area (Å²) in [6, 6.07) is 12.2. The lowest BCUT2D eigenvalue weighted by Gasteiger charge is -2.19. The Kier molecular flexibility index (Phi) is 8.77. The number of nitrogens with zero attached hydrogens (tertiary/aromatic N) is 5. The minimum absolute atomic E-state index is 0.0231. The Balaban J connectivity index is 1.52. The molecule has 3 heterocycles. The molecule has 0 N–H and O–H groups in total. The molecule has 0 saturated heterocycles. The molecule has 40 heavy (non-hydrogen) atoms. The van der Waals surface area contributed by atoms with Gasteiger partial charge in [0.15, 0.2) is 6.61 Å². The number of carbonyl (C=O) groups excluding carboxylic acids is 2. The fraction of sp³-hybridized carbons (Fsp3) is 0.269. The van der Waals surface area contributed by atoms with Crippen molar-refractivity contribution in [1.29, 1.82) is 0 Å². The van der Waals surface area contributed by atoms with Gasteiger partial charge in [0.05, 0.1) is 39.8 Å². The molecule has 10 nitrogen and oxygen atoms in total. The fourth-order valence-electron chi connectivity index (χ4n) is 3.65. The van der Waals surface area contributed by atoms with Gasteiger partial charge in [0.2, 0.25) is 5.16 Å². The van der Waals surface area contributed by atoms with Crippen molar-refractivity contribution < 1.29 is 36.4 Å². The van der Waals surface area contributed by atoms with Crippen molar-refractivity contribution in [3.8, 4) is 5.75 Å². The molecule has 0 saturated carbocycles. The number of pyridine rings is 2. The summed E-state index contributed by atoms with van der Waals surface area (Å²) in [6.07, 6.45) is -1.80. The van der Waals surface area contributed by atoms with Gasteiger partial charge in [-0.2, -0.15) is 13.2 Å². The molecule has 1 atom stereocenters. The molecule has 3 aromatic heterocycles. The highest BCUT2D eigenvalue weighted by atomic mass is 32.2. The van der Waals surface area contributed by atoms with Crippen LogP contribution in [0.15, 0.2) is 66.1 Å². The van der Waals surface area contributed by atoms with Gasteiger partial charge in [-0.1, -0.05) is 18.2 Å². The highest BCUT2D eigenvalue weighted by Crippen LogP contribution is 2.26. The summed E-state index contributed by atoms with van der Waals surface area (Å²) in [7, 11) is -0.431. The molecule has 4 aromatic rings. The summed E-state index contributed by atoms with van der Waals surface area (Å²) in [5.74, 6) is -0.902. The van der Waals surface area contributed by atoms with E-state index in [1.54, 1.807) is 36.4 Å². The second-order valence-electron chi connectivity index (χ2n) is 8.55. The highest BCUT2D eigenvalue weighted by molar-refractivity contribution is 7.84. The van der Waals surface area contributed by atoms with Crippen molar-refractivity contribution in [1.82, 2.24) is 24.4 Å². The Bertz CT molecular complexity index is 1550. The summed E-state index contributed by atoms with van der Waals surface area (Å²) < 4.78 is 62.6. The first-order valence-electron chi connectivity index (χ1n) is 11.9. The van der Waals surface area contributed by atoms with Crippen LogP contribution in [-0.4, -0.2) is 73.6 Å². The summed E-state index contributed by atoms with van der Waals surface area (Å²) in [4.78, 5) is 39.4. The first-order valence-corrected chi connectivity index (χ1v) is 13.2. The number of amides is 1. The monoisotopic (exact) mass is 575 g/mol. The molecule has 0 bridgehead atoms. The molecule has 0 fully saturated rings. The van der Waals surface area contributed by atoms with Crippen LogP contribution in [0.3, 0.4) is 0 Å². The van der Waals surface area contributed by atoms with Crippen LogP contribution < -0.4 is 4.74 Å². The lowest BCUT2D eigenvalue weighted by Crippen LogP contribution is -2.35. The number of para-hydroxylation sites is 2. The topological polar surface area (TPSA) is 117 Å². The highest BCUT2D eigenvalue weighted by Gasteiger charge is 2.29. The van der Waals surface area contributed by atoms with E-state index in [9.17, 15) is 27.0 Å². The van der Waals surface area contributed by atoms with Crippen molar-refractivity contribution in [2.24, 2.45) is 0 Å². The molecule has 1 amide bonds. The van der Waals surface area contributed by atoms with Crippen LogP contribution in [-0.2, 0) is 21.3 Å². The van der Waals surface area contributed by atoms with Crippen LogP contribution in [0.2, 0.25) is 0 Å². The molecule has 4 rings (SSSR count). The second kappa shape index (κ2) is 12.2. The molecule has 0 unspecified atom stereocenters. The normalized spacial score (nSPS) is 12.2. The Hall–Kier alpha value is -4.33. The number of rotatable bonds is 9. The zero-order valence-electron chi connectivity index (χ0n) is 21.4. The molecule has 1 aromatic carbocycles. The minimum atomic E-state index is -4.52. The van der Waals surface area contributed by atoms with E-state index < -0.39 is 35.6 Å². The minimum Gasteiger partial charge on any atom is -0.484 e. The summed E-state index contributed by atoms with van der Waals surface area (Å²) in [5, 5.41) is -0.0636. The quantitative estimate of drug-likeness (QED) is 0.274. The summed E-state index contributed by atoms with van der Waals surface area (Å²) in [5.41, 5.74) is 1.48. The van der Waals surface area contributed by atoms with Gasteiger partial charge in [-0.05, 0) is 37.3 Å². The number of hydrogen-bond donors (Lipinski definition) is 0. The second-order valence-corrected chi connectivity index (χ2v) is 9.89. The third kappa shape index (κ3) is 6.81. The predicted octanol–water partition coefficient (Wildman–Crippen LogP) is 4.14. The Morgan fingerprint density at radius 3 is 2.52 bits per heavy atom. The summed E-state index contributed by atoms with van der Waals surface area (Å²) >= 11 is 0. The number of esters is 1. The van der Waals surface area contributed by atoms with Crippen LogP contribution in [0, 0.1) is 6.92 Å². The maximum atomic E-state index is 13.5. The Labute approximate surface area is 229 Å². The lowest BCUT2D eigenvalue weighted by atomic mass is 10.2. The number of likely N-dealkylation sites (N-methyl/N-ethyl adjacent to an activating group) is 1. The van der Waals surface area contributed by atoms with Crippen molar-refractivity contribution in [2.45, 2.75) is 24.0 Å². The van der Waals surface area contributed by atoms with E-state index in [0.29, 0.717) is 16.6 Å². The number of fused-ring (bicyclic) bond motifs is 1. The molecule has 210 valence electrons. The van der Waals surface area contributed by atoms with Gasteiger partial charge >= 0.3 is 18.2 Å². The van der Waals surface area contributed by atoms with Crippen molar-refractivity contribution in [3.63, 3.8) is 0 Å². The van der Waals surface area contributed by atoms with Gasteiger partial charge in [-0.15, -0.1) is 0 Å². The van der Waals surface area contributed by atoms with E-state index in [-0.39, 0.29) is 41.2 Å². The van der Waals surface area contributed by atoms with Crippen molar-refractivity contribution in [3.05, 3.63) is 77.9 Å². The maximum absolute atomic E-state index is 13.5. The van der Waals surface area contributed by atoms with Crippen molar-refractivity contribution in [2.75, 3.05) is 26.8 Å². The molecular formula is C26H24F3N5O5S. The number of imidazole rings is 1. The van der Waals surface area contributed by atoms with Crippen LogP contribution in [0.5, 0.6) is 5.75 Å². The maximum Gasteiger partial charge on any atom is 0.422 e. The van der Waals surface area contributed by atoms with E-state index in [1.807, 2.05) is 0 Å². The van der Waals surface area contributed by atoms with E-state index in [1.165, 1.54) is 48.0 Å². The first-order chi connectivity index (χ1) is 19.0. The lowest BCUT2D eigenvalue weighted by molar-refractivity contribution is -0.153. The Morgan fingerprint density at radius 1 is 1.05 bits per heavy atom. The van der Waals surface area contributed by atoms with E-state index in [0.717, 1.165) is 0 Å². The molecule has 14 heteroatoms. The number of aromatic nitrogens is 4. The average molecular weight is 576 g/mol. The van der Waals surface area contributed by atoms with Gasteiger partial charge in [-0.25, -0.2) is 24.1 Å². The van der Waals surface area contributed by atoms with Gasteiger partial charge in [-0.3, -0.25) is 9.19 Å². The molecule has 0 radical (unpaired) electrons. The smallest absolute Gasteiger partial charge is 0.422 e. The van der Waals surface area contributed by atoms with E-state index in [2.05, 4.69) is 15.0 Å². The molecular weight excluding hydrogens is 551 g/mol. The average Bonchev–Trinajstić information content (AvgIpc) is 3.32. The van der Waals surface area contributed by atoms with Crippen LogP contribution in [0.25, 0.3) is 11.0 Å². The number of alkyl halides is 3. The number of halogens is 3. The third-order valence-corrected chi connectivity index (χ3v) is 6.92. The number of ether oxygens (including phenoxy) is 2. The number of carbonyl (C=O) groups is 2. The standard InChI is InChI=1S/C26H24F3N5O5S/c1-17-20(31-12-10-22(17)39-16-26(27,28)29)15-40(37)24-32-18-7-3-4-9-21(18)34(24)25(36)33(2)13-14-38-23(35)19-8-5-6-11-30-19/h3-12H,13-16H2,1-2H3/t40-/m1/s1. The van der Waals surface area contributed by atoms with Crippen molar-refractivity contribution >= 4 is 33.8 Å². The van der Waals surface area contributed by atoms with Crippen LogP contribution in [0.4, 0.5) is 18.0 Å². The van der Waals surface area contributed by atoms with Crippen LogP contribution >= 0.6 is 0 Å². The molecule has 0 aliphatic rings. The van der Waals surface area contributed by atoms with E-state index in [4.69, 9.17) is 9.47 Å². The van der Waals surface area contributed by atoms with Crippen LogP contribution in [0.1, 0.15) is 21.7 Å². The summed E-state index contributed by atoms with van der Waals surface area (Å²) in [6.45, 7) is -0.0562. The van der Waals surface area contributed by atoms with Gasteiger partial charge in [0.1, 0.15) is 18.1 Å². The first kappa shape index (κ1) is 28.7. The Morgan fingerprint density at radius 2 is 1.80 bits per heavy atom.